The smallest absolute Gasteiger partial charge is 0.241 e. The number of amides is 1. The largest absolute Gasteiger partial charge is 0.325 e. The van der Waals surface area contributed by atoms with Crippen LogP contribution in [0, 0.1) is 5.92 Å². The third-order valence-corrected chi connectivity index (χ3v) is 3.83. The zero-order valence-corrected chi connectivity index (χ0v) is 11.8. The molecular weight excluding hydrogens is 240 g/mol. The Bertz CT molecular complexity index is 378. The summed E-state index contributed by atoms with van der Waals surface area (Å²) in [5.41, 5.74) is 0. The first-order valence-corrected chi connectivity index (χ1v) is 8.01. The molecule has 1 saturated heterocycles. The van der Waals surface area contributed by atoms with Crippen molar-refractivity contribution in [2.45, 2.75) is 39.4 Å². The van der Waals surface area contributed by atoms with Gasteiger partial charge in [0.1, 0.15) is 9.84 Å². The zero-order valence-electron chi connectivity index (χ0n) is 10.9. The molecule has 5 nitrogen and oxygen atoms in total. The number of carbonyl (C=O) groups is 1. The molecule has 0 aromatic heterocycles. The van der Waals surface area contributed by atoms with E-state index < -0.39 is 9.84 Å². The Balaban J connectivity index is 2.59. The monoisotopic (exact) mass is 262 g/mol. The first kappa shape index (κ1) is 14.4. The van der Waals surface area contributed by atoms with Gasteiger partial charge in [0, 0.05) is 12.8 Å². The summed E-state index contributed by atoms with van der Waals surface area (Å²) in [5.74, 6) is 0.493. The van der Waals surface area contributed by atoms with Crippen molar-refractivity contribution in [1.82, 2.24) is 10.2 Å². The quantitative estimate of drug-likeness (QED) is 0.770. The lowest BCUT2D eigenvalue weighted by Gasteiger charge is -2.20. The molecule has 0 spiro atoms. The van der Waals surface area contributed by atoms with Crippen LogP contribution in [0.3, 0.4) is 0 Å². The van der Waals surface area contributed by atoms with Crippen LogP contribution in [-0.2, 0) is 14.6 Å². The van der Waals surface area contributed by atoms with Crippen LogP contribution in [-0.4, -0.2) is 50.0 Å². The van der Waals surface area contributed by atoms with E-state index in [0.29, 0.717) is 5.92 Å². The van der Waals surface area contributed by atoms with E-state index in [1.807, 2.05) is 6.92 Å². The highest BCUT2D eigenvalue weighted by atomic mass is 32.2. The Morgan fingerprint density at radius 2 is 2.00 bits per heavy atom. The van der Waals surface area contributed by atoms with Gasteiger partial charge in [0.2, 0.25) is 5.91 Å². The lowest BCUT2D eigenvalue weighted by Crippen LogP contribution is -2.38. The van der Waals surface area contributed by atoms with Crippen LogP contribution in [0.15, 0.2) is 0 Å². The normalized spacial score (nSPS) is 25.9. The standard InChI is InChI=1S/C11H22N2O3S/c1-8(2)7-10-11(14)13(9(3)12-10)5-6-17(4,15)16/h8-10,12H,5-7H2,1-4H3. The van der Waals surface area contributed by atoms with Crippen molar-refractivity contribution in [1.29, 1.82) is 0 Å². The van der Waals surface area contributed by atoms with Gasteiger partial charge in [-0.15, -0.1) is 0 Å². The first-order valence-electron chi connectivity index (χ1n) is 5.95. The summed E-state index contributed by atoms with van der Waals surface area (Å²) in [6, 6.07) is -0.162. The van der Waals surface area contributed by atoms with E-state index in [2.05, 4.69) is 19.2 Å². The van der Waals surface area contributed by atoms with Crippen molar-refractivity contribution in [3.63, 3.8) is 0 Å². The van der Waals surface area contributed by atoms with Crippen molar-refractivity contribution >= 4 is 15.7 Å². The van der Waals surface area contributed by atoms with E-state index in [0.717, 1.165) is 6.42 Å². The summed E-state index contributed by atoms with van der Waals surface area (Å²) >= 11 is 0. The van der Waals surface area contributed by atoms with Crippen molar-refractivity contribution < 1.29 is 13.2 Å². The van der Waals surface area contributed by atoms with Gasteiger partial charge in [-0.1, -0.05) is 13.8 Å². The second-order valence-corrected chi connectivity index (χ2v) is 7.45. The van der Waals surface area contributed by atoms with E-state index in [4.69, 9.17) is 0 Å². The second kappa shape index (κ2) is 5.35. The molecule has 0 radical (unpaired) electrons. The first-order chi connectivity index (χ1) is 7.70. The highest BCUT2D eigenvalue weighted by Crippen LogP contribution is 2.16. The molecule has 17 heavy (non-hydrogen) atoms. The summed E-state index contributed by atoms with van der Waals surface area (Å²) < 4.78 is 22.2. The Labute approximate surface area is 103 Å². The topological polar surface area (TPSA) is 66.5 Å². The van der Waals surface area contributed by atoms with E-state index in [9.17, 15) is 13.2 Å². The van der Waals surface area contributed by atoms with Crippen LogP contribution in [0.2, 0.25) is 0 Å². The number of hydrogen-bond acceptors (Lipinski definition) is 4. The molecule has 1 aliphatic rings. The fourth-order valence-electron chi connectivity index (χ4n) is 2.05. The zero-order chi connectivity index (χ0) is 13.2. The maximum atomic E-state index is 12.0. The molecular formula is C11H22N2O3S. The Morgan fingerprint density at radius 1 is 1.41 bits per heavy atom. The minimum Gasteiger partial charge on any atom is -0.325 e. The summed E-state index contributed by atoms with van der Waals surface area (Å²) in [7, 11) is -3.02. The predicted molar refractivity (Wildman–Crippen MR) is 67.3 cm³/mol. The van der Waals surface area contributed by atoms with Gasteiger partial charge in [0.05, 0.1) is 18.0 Å². The predicted octanol–water partition coefficient (Wildman–Crippen LogP) is 0.224. The minimum atomic E-state index is -3.02. The third-order valence-electron chi connectivity index (χ3n) is 2.90. The summed E-state index contributed by atoms with van der Waals surface area (Å²) in [6.07, 6.45) is 1.91. The maximum absolute atomic E-state index is 12.0. The molecule has 1 heterocycles. The molecule has 1 amide bonds. The number of nitrogens with zero attached hydrogens (tertiary/aromatic N) is 1. The van der Waals surface area contributed by atoms with Gasteiger partial charge in [-0.25, -0.2) is 8.42 Å². The molecule has 2 atom stereocenters. The van der Waals surface area contributed by atoms with Crippen molar-refractivity contribution in [3.8, 4) is 0 Å². The summed E-state index contributed by atoms with van der Waals surface area (Å²) in [5, 5.41) is 3.20. The molecule has 1 fully saturated rings. The molecule has 6 heteroatoms. The Morgan fingerprint density at radius 3 is 2.47 bits per heavy atom. The maximum Gasteiger partial charge on any atom is 0.241 e. The number of hydrogen-bond donors (Lipinski definition) is 1. The fourth-order valence-corrected chi connectivity index (χ4v) is 2.58. The number of sulfone groups is 1. The van der Waals surface area contributed by atoms with E-state index in [-0.39, 0.29) is 30.4 Å². The van der Waals surface area contributed by atoms with Gasteiger partial charge < -0.3 is 4.90 Å². The lowest BCUT2D eigenvalue weighted by molar-refractivity contribution is -0.129. The molecule has 0 aliphatic carbocycles. The van der Waals surface area contributed by atoms with Crippen LogP contribution < -0.4 is 5.32 Å². The second-order valence-electron chi connectivity index (χ2n) is 5.19. The average Bonchev–Trinajstić information content (AvgIpc) is 2.37. The Hall–Kier alpha value is -0.620. The molecule has 2 unspecified atom stereocenters. The van der Waals surface area contributed by atoms with Gasteiger partial charge in [0.15, 0.2) is 0 Å². The van der Waals surface area contributed by atoms with Gasteiger partial charge >= 0.3 is 0 Å². The molecule has 1 rings (SSSR count). The Kier molecular flexibility index (Phi) is 4.55. The molecule has 1 N–H and O–H groups in total. The van der Waals surface area contributed by atoms with E-state index in [1.165, 1.54) is 6.26 Å². The number of nitrogens with one attached hydrogen (secondary N) is 1. The van der Waals surface area contributed by atoms with Crippen LogP contribution in [0.4, 0.5) is 0 Å². The molecule has 1 aliphatic heterocycles. The number of carbonyl (C=O) groups excluding carboxylic acids is 1. The van der Waals surface area contributed by atoms with Crippen LogP contribution in [0.25, 0.3) is 0 Å². The molecule has 0 aromatic rings. The highest BCUT2D eigenvalue weighted by Gasteiger charge is 2.36. The van der Waals surface area contributed by atoms with E-state index in [1.54, 1.807) is 4.90 Å². The van der Waals surface area contributed by atoms with E-state index >= 15 is 0 Å². The van der Waals surface area contributed by atoms with Gasteiger partial charge in [0.25, 0.3) is 0 Å². The minimum absolute atomic E-state index is 0.0230. The molecule has 0 saturated carbocycles. The third kappa shape index (κ3) is 4.27. The lowest BCUT2D eigenvalue weighted by atomic mass is 10.0. The van der Waals surface area contributed by atoms with Crippen LogP contribution >= 0.6 is 0 Å². The fraction of sp³-hybridized carbons (Fsp3) is 0.909. The van der Waals surface area contributed by atoms with Crippen LogP contribution in [0.5, 0.6) is 0 Å². The van der Waals surface area contributed by atoms with Crippen molar-refractivity contribution in [3.05, 3.63) is 0 Å². The van der Waals surface area contributed by atoms with Gasteiger partial charge in [-0.3, -0.25) is 10.1 Å². The summed E-state index contributed by atoms with van der Waals surface area (Å²) in [6.45, 7) is 6.30. The van der Waals surface area contributed by atoms with Crippen molar-refractivity contribution in [2.75, 3.05) is 18.6 Å². The SMILES string of the molecule is CC(C)CC1NC(C)N(CCS(C)(=O)=O)C1=O. The molecule has 0 bridgehead atoms. The van der Waals surface area contributed by atoms with Crippen molar-refractivity contribution in [2.24, 2.45) is 5.92 Å². The molecule has 100 valence electrons. The highest BCUT2D eigenvalue weighted by molar-refractivity contribution is 7.90. The van der Waals surface area contributed by atoms with Crippen LogP contribution in [0.1, 0.15) is 27.2 Å². The molecule has 0 aromatic carbocycles. The van der Waals surface area contributed by atoms with Gasteiger partial charge in [-0.05, 0) is 19.3 Å². The average molecular weight is 262 g/mol. The van der Waals surface area contributed by atoms with Gasteiger partial charge in [-0.2, -0.15) is 0 Å². The number of rotatable bonds is 5. The summed E-state index contributed by atoms with van der Waals surface area (Å²) in [4.78, 5) is 13.7.